The average molecular weight is 340 g/mol. The molecule has 2 aromatic rings. The molecule has 114 valence electrons. The Morgan fingerprint density at radius 3 is 1.95 bits per heavy atom. The van der Waals surface area contributed by atoms with Crippen LogP contribution < -0.4 is 5.14 Å². The molecule has 22 heavy (non-hydrogen) atoms. The Kier molecular flexibility index (Phi) is 4.32. The predicted octanol–water partition coefficient (Wildman–Crippen LogP) is 1.92. The van der Waals surface area contributed by atoms with Crippen LogP contribution in [0.2, 0.25) is 5.02 Å². The lowest BCUT2D eigenvalue weighted by atomic mass is 10.0. The quantitative estimate of drug-likeness (QED) is 0.826. The second-order valence-corrected chi connectivity index (χ2v) is 6.34. The van der Waals surface area contributed by atoms with E-state index in [-0.39, 0.29) is 26.6 Å². The summed E-state index contributed by atoms with van der Waals surface area (Å²) in [7, 11) is -4.05. The Bertz CT molecular complexity index is 859. The van der Waals surface area contributed by atoms with Crippen molar-refractivity contribution in [2.75, 3.05) is 0 Å². The number of halogens is 1. The molecule has 0 saturated heterocycles. The van der Waals surface area contributed by atoms with Crippen molar-refractivity contribution in [3.63, 3.8) is 0 Å². The van der Waals surface area contributed by atoms with Crippen LogP contribution in [0.15, 0.2) is 47.4 Å². The lowest BCUT2D eigenvalue weighted by molar-refractivity contribution is 0.0696. The lowest BCUT2D eigenvalue weighted by Crippen LogP contribution is -2.14. The molecule has 8 heteroatoms. The molecule has 0 spiro atoms. The first-order valence-electron chi connectivity index (χ1n) is 5.90. The molecule has 0 atom stereocenters. The molecular weight excluding hydrogens is 330 g/mol. The summed E-state index contributed by atoms with van der Waals surface area (Å²) >= 11 is 5.75. The fraction of sp³-hybridized carbons (Fsp3) is 0. The normalized spacial score (nSPS) is 11.2. The number of rotatable bonds is 4. The molecule has 0 aliphatic rings. The molecule has 6 nitrogen and oxygen atoms in total. The number of aromatic carboxylic acids is 1. The van der Waals surface area contributed by atoms with Gasteiger partial charge in [-0.25, -0.2) is 18.4 Å². The van der Waals surface area contributed by atoms with E-state index in [0.29, 0.717) is 0 Å². The van der Waals surface area contributed by atoms with Crippen LogP contribution in [0, 0.1) is 0 Å². The van der Waals surface area contributed by atoms with Gasteiger partial charge in [-0.1, -0.05) is 23.7 Å². The minimum Gasteiger partial charge on any atom is -0.478 e. The summed E-state index contributed by atoms with van der Waals surface area (Å²) in [4.78, 5) is 22.7. The summed E-state index contributed by atoms with van der Waals surface area (Å²) in [5.41, 5.74) is 0.335. The van der Waals surface area contributed by atoms with Crippen LogP contribution in [0.1, 0.15) is 26.3 Å². The zero-order valence-corrected chi connectivity index (χ0v) is 12.6. The summed E-state index contributed by atoms with van der Waals surface area (Å²) in [6.45, 7) is 0. The minimum absolute atomic E-state index is 0.0397. The molecule has 3 N–H and O–H groups in total. The summed E-state index contributed by atoms with van der Waals surface area (Å²) in [5.74, 6) is -1.58. The van der Waals surface area contributed by atoms with Gasteiger partial charge < -0.3 is 5.11 Å². The second kappa shape index (κ2) is 5.88. The van der Waals surface area contributed by atoms with Gasteiger partial charge in [-0.2, -0.15) is 0 Å². The number of primary sulfonamides is 1. The van der Waals surface area contributed by atoms with E-state index in [0.717, 1.165) is 6.07 Å². The molecule has 0 heterocycles. The van der Waals surface area contributed by atoms with Gasteiger partial charge in [0, 0.05) is 11.1 Å². The smallest absolute Gasteiger partial charge is 0.335 e. The van der Waals surface area contributed by atoms with Gasteiger partial charge in [0.15, 0.2) is 5.78 Å². The molecule has 2 aromatic carbocycles. The Morgan fingerprint density at radius 2 is 1.45 bits per heavy atom. The monoisotopic (exact) mass is 339 g/mol. The fourth-order valence-electron chi connectivity index (χ4n) is 1.79. The van der Waals surface area contributed by atoms with E-state index in [1.54, 1.807) is 0 Å². The molecule has 0 fully saturated rings. The Hall–Kier alpha value is -2.22. The maximum Gasteiger partial charge on any atom is 0.335 e. The summed E-state index contributed by atoms with van der Waals surface area (Å²) in [6.07, 6.45) is 0. The van der Waals surface area contributed by atoms with E-state index in [1.165, 1.54) is 36.4 Å². The summed E-state index contributed by atoms with van der Waals surface area (Å²) in [6, 6.07) is 8.97. The number of carbonyl (C=O) groups is 2. The Labute approximate surface area is 131 Å². The summed E-state index contributed by atoms with van der Waals surface area (Å²) in [5, 5.41) is 13.8. The van der Waals surface area contributed by atoms with Crippen LogP contribution in [0.4, 0.5) is 0 Å². The first-order chi connectivity index (χ1) is 10.2. The zero-order chi connectivity index (χ0) is 16.5. The highest BCUT2D eigenvalue weighted by Gasteiger charge is 2.17. The van der Waals surface area contributed by atoms with Crippen molar-refractivity contribution < 1.29 is 23.1 Å². The van der Waals surface area contributed by atoms with Crippen molar-refractivity contribution >= 4 is 33.4 Å². The van der Waals surface area contributed by atoms with Gasteiger partial charge in [0.1, 0.15) is 4.90 Å². The third-order valence-corrected chi connectivity index (χ3v) is 4.29. The van der Waals surface area contributed by atoms with Crippen molar-refractivity contribution in [2.24, 2.45) is 5.14 Å². The van der Waals surface area contributed by atoms with Crippen LogP contribution >= 0.6 is 11.6 Å². The maximum atomic E-state index is 12.3. The van der Waals surface area contributed by atoms with Gasteiger partial charge in [0.05, 0.1) is 10.6 Å². The van der Waals surface area contributed by atoms with Crippen LogP contribution in [0.3, 0.4) is 0 Å². The number of carbonyl (C=O) groups excluding carboxylic acids is 1. The van der Waals surface area contributed by atoms with E-state index in [2.05, 4.69) is 0 Å². The van der Waals surface area contributed by atoms with Gasteiger partial charge in [0.2, 0.25) is 10.0 Å². The first kappa shape index (κ1) is 16.2. The number of nitrogens with two attached hydrogens (primary N) is 1. The van der Waals surface area contributed by atoms with Gasteiger partial charge >= 0.3 is 5.97 Å². The predicted molar refractivity (Wildman–Crippen MR) is 79.7 cm³/mol. The molecule has 0 unspecified atom stereocenters. The van der Waals surface area contributed by atoms with Crippen LogP contribution in [-0.4, -0.2) is 25.3 Å². The number of carboxylic acids is 1. The molecule has 0 aliphatic carbocycles. The zero-order valence-electron chi connectivity index (χ0n) is 11.0. The number of hydrogen-bond donors (Lipinski definition) is 2. The number of benzene rings is 2. The van der Waals surface area contributed by atoms with E-state index in [4.69, 9.17) is 21.8 Å². The van der Waals surface area contributed by atoms with Crippen molar-refractivity contribution in [1.29, 1.82) is 0 Å². The first-order valence-corrected chi connectivity index (χ1v) is 7.83. The van der Waals surface area contributed by atoms with Crippen molar-refractivity contribution in [3.05, 3.63) is 64.2 Å². The lowest BCUT2D eigenvalue weighted by Gasteiger charge is -2.06. The number of sulfonamides is 1. The number of ketones is 1. The van der Waals surface area contributed by atoms with Gasteiger partial charge in [-0.15, -0.1) is 0 Å². The highest BCUT2D eigenvalue weighted by Crippen LogP contribution is 2.23. The molecule has 0 bridgehead atoms. The molecule has 0 aromatic heterocycles. The molecular formula is C14H10ClNO5S. The largest absolute Gasteiger partial charge is 0.478 e. The van der Waals surface area contributed by atoms with Gasteiger partial charge in [0.25, 0.3) is 0 Å². The van der Waals surface area contributed by atoms with Gasteiger partial charge in [-0.05, 0) is 30.3 Å². The third kappa shape index (κ3) is 3.33. The molecule has 0 amide bonds. The fourth-order valence-corrected chi connectivity index (χ4v) is 2.86. The molecule has 0 aliphatic heterocycles. The highest BCUT2D eigenvalue weighted by atomic mass is 35.5. The average Bonchev–Trinajstić information content (AvgIpc) is 2.46. The van der Waals surface area contributed by atoms with Crippen LogP contribution in [0.5, 0.6) is 0 Å². The highest BCUT2D eigenvalue weighted by molar-refractivity contribution is 7.89. The van der Waals surface area contributed by atoms with Crippen molar-refractivity contribution in [3.8, 4) is 0 Å². The van der Waals surface area contributed by atoms with Crippen molar-refractivity contribution in [2.45, 2.75) is 4.90 Å². The van der Waals surface area contributed by atoms with E-state index < -0.39 is 21.8 Å². The van der Waals surface area contributed by atoms with Crippen LogP contribution in [0.25, 0.3) is 0 Å². The summed E-state index contributed by atoms with van der Waals surface area (Å²) < 4.78 is 22.8. The number of carboxylic acid groups (broad SMARTS) is 1. The number of hydrogen-bond acceptors (Lipinski definition) is 4. The molecule has 0 saturated carbocycles. The van der Waals surface area contributed by atoms with E-state index >= 15 is 0 Å². The van der Waals surface area contributed by atoms with Crippen molar-refractivity contribution in [1.82, 2.24) is 0 Å². The van der Waals surface area contributed by atoms with E-state index in [1.807, 2.05) is 0 Å². The SMILES string of the molecule is NS(=O)(=O)c1cc(C(=O)c2ccc(C(=O)O)cc2)ccc1Cl. The minimum atomic E-state index is -4.05. The van der Waals surface area contributed by atoms with Crippen LogP contribution in [-0.2, 0) is 10.0 Å². The van der Waals surface area contributed by atoms with E-state index in [9.17, 15) is 18.0 Å². The standard InChI is InChI=1S/C14H10ClNO5S/c15-11-6-5-10(7-12(11)22(16,20)21)13(17)8-1-3-9(4-2-8)14(18)19/h1-7H,(H,18,19)(H2,16,20,21). The maximum absolute atomic E-state index is 12.3. The second-order valence-electron chi connectivity index (χ2n) is 4.40. The Balaban J connectivity index is 2.44. The molecule has 2 rings (SSSR count). The Morgan fingerprint density at radius 1 is 0.955 bits per heavy atom. The molecule has 0 radical (unpaired) electrons. The third-order valence-electron chi connectivity index (χ3n) is 2.89. The topological polar surface area (TPSA) is 115 Å². The van der Waals surface area contributed by atoms with Gasteiger partial charge in [-0.3, -0.25) is 4.79 Å².